The number of carbonyl (C=O) groups excluding carboxylic acids is 2. The van der Waals surface area contributed by atoms with Gasteiger partial charge in [-0.25, -0.2) is 0 Å². The lowest BCUT2D eigenvalue weighted by atomic mass is 10.2. The molecule has 0 bridgehead atoms. The Morgan fingerprint density at radius 1 is 1.58 bits per heavy atom. The van der Waals surface area contributed by atoms with Crippen molar-refractivity contribution < 1.29 is 9.59 Å². The van der Waals surface area contributed by atoms with Gasteiger partial charge in [0.2, 0.25) is 5.91 Å². The molecule has 98 valence electrons. The average Bonchev–Trinajstić information content (AvgIpc) is 2.69. The summed E-state index contributed by atoms with van der Waals surface area (Å²) in [5.74, 6) is -0.0439. The molecular weight excluding hydrogens is 328 g/mol. The van der Waals surface area contributed by atoms with Crippen LogP contribution in [0.4, 0.5) is 5.69 Å². The molecule has 1 fully saturated rings. The third-order valence-electron chi connectivity index (χ3n) is 2.79. The molecule has 0 aliphatic carbocycles. The molecule has 6 heteroatoms. The van der Waals surface area contributed by atoms with E-state index in [1.165, 1.54) is 18.7 Å². The van der Waals surface area contributed by atoms with Crippen LogP contribution in [0.5, 0.6) is 0 Å². The van der Waals surface area contributed by atoms with E-state index in [0.29, 0.717) is 24.2 Å². The van der Waals surface area contributed by atoms with Crippen LogP contribution in [0.2, 0.25) is 0 Å². The fourth-order valence-electron chi connectivity index (χ4n) is 2.05. The van der Waals surface area contributed by atoms with Gasteiger partial charge in [-0.15, -0.1) is 0 Å². The Labute approximate surface area is 123 Å². The van der Waals surface area contributed by atoms with Crippen molar-refractivity contribution in [1.82, 2.24) is 0 Å². The number of rotatable bonds is 2. The SMILES string of the molecule is CC(=O)SC1CC(=O)N(c2ccc(Br)cc2C#N)C1. The van der Waals surface area contributed by atoms with Gasteiger partial charge in [0.25, 0.3) is 0 Å². The Morgan fingerprint density at radius 3 is 2.95 bits per heavy atom. The number of thioether (sulfide) groups is 1. The van der Waals surface area contributed by atoms with Crippen LogP contribution in [0.1, 0.15) is 18.9 Å². The van der Waals surface area contributed by atoms with Crippen molar-refractivity contribution in [3.05, 3.63) is 28.2 Å². The van der Waals surface area contributed by atoms with Gasteiger partial charge in [0, 0.05) is 29.6 Å². The van der Waals surface area contributed by atoms with Crippen molar-refractivity contribution >= 4 is 44.4 Å². The summed E-state index contributed by atoms with van der Waals surface area (Å²) in [4.78, 5) is 24.7. The zero-order chi connectivity index (χ0) is 14.0. The molecule has 1 aromatic rings. The van der Waals surface area contributed by atoms with Crippen LogP contribution in [0.15, 0.2) is 22.7 Å². The molecule has 1 heterocycles. The third kappa shape index (κ3) is 3.17. The van der Waals surface area contributed by atoms with Gasteiger partial charge in [-0.2, -0.15) is 5.26 Å². The second kappa shape index (κ2) is 5.76. The maximum Gasteiger partial charge on any atom is 0.228 e. The first-order valence-corrected chi connectivity index (χ1v) is 7.35. The molecule has 0 aromatic heterocycles. The summed E-state index contributed by atoms with van der Waals surface area (Å²) in [6, 6.07) is 7.33. The number of benzene rings is 1. The predicted octanol–water partition coefficient (Wildman–Crippen LogP) is 2.71. The van der Waals surface area contributed by atoms with Crippen molar-refractivity contribution in [3.8, 4) is 6.07 Å². The molecule has 1 unspecified atom stereocenters. The minimum Gasteiger partial charge on any atom is -0.310 e. The van der Waals surface area contributed by atoms with Crippen LogP contribution in [0, 0.1) is 11.3 Å². The van der Waals surface area contributed by atoms with E-state index in [1.54, 1.807) is 23.1 Å². The molecule has 0 radical (unpaired) electrons. The van der Waals surface area contributed by atoms with E-state index in [2.05, 4.69) is 22.0 Å². The van der Waals surface area contributed by atoms with Gasteiger partial charge in [0.05, 0.1) is 11.3 Å². The molecular formula is C13H11BrN2O2S. The monoisotopic (exact) mass is 338 g/mol. The number of anilines is 1. The van der Waals surface area contributed by atoms with Gasteiger partial charge in [-0.3, -0.25) is 9.59 Å². The van der Waals surface area contributed by atoms with Crippen LogP contribution in [0.25, 0.3) is 0 Å². The number of hydrogen-bond donors (Lipinski definition) is 0. The summed E-state index contributed by atoms with van der Waals surface area (Å²) in [5, 5.41) is 9.12. The summed E-state index contributed by atoms with van der Waals surface area (Å²) < 4.78 is 0.800. The van der Waals surface area contributed by atoms with Gasteiger partial charge in [-0.05, 0) is 18.2 Å². The summed E-state index contributed by atoms with van der Waals surface area (Å²) in [5.41, 5.74) is 1.07. The van der Waals surface area contributed by atoms with E-state index in [4.69, 9.17) is 5.26 Å². The number of nitriles is 1. The summed E-state index contributed by atoms with van der Waals surface area (Å²) in [6.45, 7) is 1.97. The molecule has 19 heavy (non-hydrogen) atoms. The number of amides is 1. The maximum absolute atomic E-state index is 12.0. The Morgan fingerprint density at radius 2 is 2.32 bits per heavy atom. The van der Waals surface area contributed by atoms with Crippen LogP contribution in [-0.2, 0) is 9.59 Å². The molecule has 0 saturated carbocycles. The maximum atomic E-state index is 12.0. The van der Waals surface area contributed by atoms with Crippen LogP contribution in [0.3, 0.4) is 0 Å². The second-order valence-electron chi connectivity index (χ2n) is 4.21. The molecule has 1 saturated heterocycles. The number of nitrogens with zero attached hydrogens (tertiary/aromatic N) is 2. The molecule has 1 atom stereocenters. The molecule has 1 aliphatic heterocycles. The smallest absolute Gasteiger partial charge is 0.228 e. The van der Waals surface area contributed by atoms with Crippen molar-refractivity contribution in [1.29, 1.82) is 5.26 Å². The fraction of sp³-hybridized carbons (Fsp3) is 0.308. The Kier molecular flexibility index (Phi) is 4.27. The zero-order valence-electron chi connectivity index (χ0n) is 10.2. The summed E-state index contributed by atoms with van der Waals surface area (Å²) in [7, 11) is 0. The van der Waals surface area contributed by atoms with Crippen molar-refractivity contribution in [3.63, 3.8) is 0 Å². The van der Waals surface area contributed by atoms with Crippen molar-refractivity contribution in [2.75, 3.05) is 11.4 Å². The lowest BCUT2D eigenvalue weighted by molar-refractivity contribution is -0.117. The standard InChI is InChI=1S/C13H11BrN2O2S/c1-8(17)19-11-5-13(18)16(7-11)12-3-2-10(14)4-9(12)6-15/h2-4,11H,5,7H2,1H3. The molecule has 0 N–H and O–H groups in total. The first kappa shape index (κ1) is 14.1. The molecule has 1 aromatic carbocycles. The van der Waals surface area contributed by atoms with E-state index < -0.39 is 0 Å². The Hall–Kier alpha value is -1.32. The zero-order valence-corrected chi connectivity index (χ0v) is 12.6. The first-order valence-electron chi connectivity index (χ1n) is 5.68. The topological polar surface area (TPSA) is 61.2 Å². The van der Waals surface area contributed by atoms with Crippen LogP contribution in [-0.4, -0.2) is 22.8 Å². The number of halogens is 1. The van der Waals surface area contributed by atoms with Crippen molar-refractivity contribution in [2.24, 2.45) is 0 Å². The first-order chi connectivity index (χ1) is 9.01. The third-order valence-corrected chi connectivity index (χ3v) is 4.27. The summed E-state index contributed by atoms with van der Waals surface area (Å²) >= 11 is 4.49. The lowest BCUT2D eigenvalue weighted by Crippen LogP contribution is -2.25. The second-order valence-corrected chi connectivity index (χ2v) is 6.61. The van der Waals surface area contributed by atoms with Gasteiger partial charge in [0.15, 0.2) is 5.12 Å². The van der Waals surface area contributed by atoms with Gasteiger partial charge >= 0.3 is 0 Å². The minimum absolute atomic E-state index is 0.0102. The van der Waals surface area contributed by atoms with Crippen LogP contribution >= 0.6 is 27.7 Å². The van der Waals surface area contributed by atoms with E-state index in [-0.39, 0.29) is 16.3 Å². The highest BCUT2D eigenvalue weighted by atomic mass is 79.9. The number of carbonyl (C=O) groups is 2. The number of hydrogen-bond acceptors (Lipinski definition) is 4. The van der Waals surface area contributed by atoms with E-state index in [0.717, 1.165) is 4.47 Å². The highest BCUT2D eigenvalue weighted by Crippen LogP contribution is 2.31. The quantitative estimate of drug-likeness (QED) is 0.831. The van der Waals surface area contributed by atoms with Crippen LogP contribution < -0.4 is 4.90 Å². The van der Waals surface area contributed by atoms with Gasteiger partial charge < -0.3 is 4.90 Å². The Bertz CT molecular complexity index is 582. The Balaban J connectivity index is 2.26. The predicted molar refractivity (Wildman–Crippen MR) is 77.9 cm³/mol. The molecule has 0 spiro atoms. The molecule has 1 amide bonds. The molecule has 1 aliphatic rings. The van der Waals surface area contributed by atoms with Gasteiger partial charge in [-0.1, -0.05) is 27.7 Å². The largest absolute Gasteiger partial charge is 0.310 e. The highest BCUT2D eigenvalue weighted by Gasteiger charge is 2.32. The van der Waals surface area contributed by atoms with Crippen molar-refractivity contribution in [2.45, 2.75) is 18.6 Å². The minimum atomic E-state index is -0.0439. The molecule has 4 nitrogen and oxygen atoms in total. The summed E-state index contributed by atoms with van der Waals surface area (Å²) in [6.07, 6.45) is 0.338. The molecule has 2 rings (SSSR count). The van der Waals surface area contributed by atoms with E-state index in [1.807, 2.05) is 0 Å². The van der Waals surface area contributed by atoms with Gasteiger partial charge in [0.1, 0.15) is 6.07 Å². The lowest BCUT2D eigenvalue weighted by Gasteiger charge is -2.18. The average molecular weight is 339 g/mol. The normalized spacial score (nSPS) is 18.5. The van der Waals surface area contributed by atoms with E-state index >= 15 is 0 Å². The van der Waals surface area contributed by atoms with E-state index in [9.17, 15) is 9.59 Å². The fourth-order valence-corrected chi connectivity index (χ4v) is 3.33. The highest BCUT2D eigenvalue weighted by molar-refractivity contribution is 9.10.